The predicted octanol–water partition coefficient (Wildman–Crippen LogP) is 1.93. The average Bonchev–Trinajstić information content (AvgIpc) is 2.62. The molecule has 136 valence electrons. The summed E-state index contributed by atoms with van der Waals surface area (Å²) in [5.41, 5.74) is 8.64. The normalized spacial score (nSPS) is 11.5. The van der Waals surface area contributed by atoms with Gasteiger partial charge in [0, 0.05) is 25.2 Å². The van der Waals surface area contributed by atoms with Gasteiger partial charge in [0.2, 0.25) is 10.0 Å². The second kappa shape index (κ2) is 6.77. The molecule has 26 heavy (non-hydrogen) atoms. The SMILES string of the molecule is CNS(=O)(=O)c1ccc(N(C)C)c(Nc2ncnc3ccc(N)cc23)c1. The predicted molar refractivity (Wildman–Crippen MR) is 104 cm³/mol. The molecule has 3 rings (SSSR count). The Bertz CT molecular complexity index is 1070. The fraction of sp³-hybridized carbons (Fsp3) is 0.176. The summed E-state index contributed by atoms with van der Waals surface area (Å²) in [6.07, 6.45) is 1.45. The van der Waals surface area contributed by atoms with Gasteiger partial charge in [-0.05, 0) is 43.4 Å². The van der Waals surface area contributed by atoms with Crippen LogP contribution in [0, 0.1) is 0 Å². The minimum Gasteiger partial charge on any atom is -0.399 e. The van der Waals surface area contributed by atoms with Crippen molar-refractivity contribution in [1.82, 2.24) is 14.7 Å². The quantitative estimate of drug-likeness (QED) is 0.586. The summed E-state index contributed by atoms with van der Waals surface area (Å²) in [6, 6.07) is 10.2. The third-order valence-electron chi connectivity index (χ3n) is 3.94. The van der Waals surface area contributed by atoms with Crippen molar-refractivity contribution in [2.75, 3.05) is 37.1 Å². The van der Waals surface area contributed by atoms with E-state index in [1.807, 2.05) is 25.1 Å². The smallest absolute Gasteiger partial charge is 0.240 e. The highest BCUT2D eigenvalue weighted by atomic mass is 32.2. The standard InChI is InChI=1S/C17H20N6O2S/c1-19-26(24,25)12-5-7-16(23(2)3)15(9-12)22-17-13-8-11(18)4-6-14(13)20-10-21-17/h4-10,19H,18H2,1-3H3,(H,20,21,22). The van der Waals surface area contributed by atoms with E-state index < -0.39 is 10.0 Å². The minimum atomic E-state index is -3.57. The zero-order chi connectivity index (χ0) is 18.9. The molecule has 0 aliphatic heterocycles. The number of nitrogen functional groups attached to an aromatic ring is 1. The highest BCUT2D eigenvalue weighted by molar-refractivity contribution is 7.89. The lowest BCUT2D eigenvalue weighted by molar-refractivity contribution is 0.588. The molecule has 0 aliphatic rings. The Morgan fingerprint density at radius 2 is 1.85 bits per heavy atom. The molecule has 9 heteroatoms. The van der Waals surface area contributed by atoms with E-state index in [1.54, 1.807) is 30.3 Å². The van der Waals surface area contributed by atoms with Gasteiger partial charge >= 0.3 is 0 Å². The van der Waals surface area contributed by atoms with E-state index in [0.29, 0.717) is 17.2 Å². The van der Waals surface area contributed by atoms with Gasteiger partial charge in [-0.2, -0.15) is 0 Å². The van der Waals surface area contributed by atoms with E-state index in [2.05, 4.69) is 20.0 Å². The maximum absolute atomic E-state index is 12.1. The molecule has 3 aromatic rings. The first-order valence-electron chi connectivity index (χ1n) is 7.84. The first-order chi connectivity index (χ1) is 12.3. The first kappa shape index (κ1) is 17.9. The molecule has 2 aromatic carbocycles. The number of nitrogens with one attached hydrogen (secondary N) is 2. The molecule has 0 radical (unpaired) electrons. The number of benzene rings is 2. The number of fused-ring (bicyclic) bond motifs is 1. The lowest BCUT2D eigenvalue weighted by Gasteiger charge is -2.20. The van der Waals surface area contributed by atoms with Gasteiger partial charge in [-0.3, -0.25) is 0 Å². The Labute approximate surface area is 152 Å². The number of rotatable bonds is 5. The van der Waals surface area contributed by atoms with Crippen molar-refractivity contribution < 1.29 is 8.42 Å². The first-order valence-corrected chi connectivity index (χ1v) is 9.32. The fourth-order valence-electron chi connectivity index (χ4n) is 2.59. The summed E-state index contributed by atoms with van der Waals surface area (Å²) < 4.78 is 26.6. The van der Waals surface area contributed by atoms with Crippen LogP contribution < -0.4 is 20.7 Å². The molecule has 0 saturated heterocycles. The van der Waals surface area contributed by atoms with Crippen LogP contribution in [0.4, 0.5) is 22.9 Å². The number of hydrogen-bond acceptors (Lipinski definition) is 7. The van der Waals surface area contributed by atoms with Crippen molar-refractivity contribution in [3.05, 3.63) is 42.7 Å². The molecule has 0 bridgehead atoms. The number of aromatic nitrogens is 2. The monoisotopic (exact) mass is 372 g/mol. The number of hydrogen-bond donors (Lipinski definition) is 3. The molecule has 0 amide bonds. The molecule has 8 nitrogen and oxygen atoms in total. The molecular weight excluding hydrogens is 352 g/mol. The average molecular weight is 372 g/mol. The Hall–Kier alpha value is -2.91. The largest absolute Gasteiger partial charge is 0.399 e. The van der Waals surface area contributed by atoms with Gasteiger partial charge in [0.25, 0.3) is 0 Å². The Kier molecular flexibility index (Phi) is 4.66. The number of sulfonamides is 1. The molecule has 1 aromatic heterocycles. The third kappa shape index (κ3) is 3.39. The zero-order valence-electron chi connectivity index (χ0n) is 14.7. The molecule has 4 N–H and O–H groups in total. The minimum absolute atomic E-state index is 0.158. The van der Waals surface area contributed by atoms with Gasteiger partial charge < -0.3 is 16.0 Å². The Morgan fingerprint density at radius 3 is 2.54 bits per heavy atom. The van der Waals surface area contributed by atoms with Crippen LogP contribution in [0.2, 0.25) is 0 Å². The van der Waals surface area contributed by atoms with E-state index in [-0.39, 0.29) is 4.90 Å². The van der Waals surface area contributed by atoms with Crippen LogP contribution in [-0.4, -0.2) is 39.5 Å². The summed E-state index contributed by atoms with van der Waals surface area (Å²) >= 11 is 0. The summed E-state index contributed by atoms with van der Waals surface area (Å²) in [5.74, 6) is 0.546. The van der Waals surface area contributed by atoms with Crippen LogP contribution in [0.25, 0.3) is 10.9 Å². The maximum Gasteiger partial charge on any atom is 0.240 e. The summed E-state index contributed by atoms with van der Waals surface area (Å²) in [4.78, 5) is 10.6. The third-order valence-corrected chi connectivity index (χ3v) is 5.35. The molecule has 0 fully saturated rings. The summed E-state index contributed by atoms with van der Waals surface area (Å²) in [6.45, 7) is 0. The highest BCUT2D eigenvalue weighted by Crippen LogP contribution is 2.32. The van der Waals surface area contributed by atoms with Crippen LogP contribution in [0.15, 0.2) is 47.6 Å². The zero-order valence-corrected chi connectivity index (χ0v) is 15.5. The Balaban J connectivity index is 2.15. The van der Waals surface area contributed by atoms with Crippen molar-refractivity contribution >= 4 is 43.8 Å². The van der Waals surface area contributed by atoms with Gasteiger partial charge in [0.1, 0.15) is 12.1 Å². The molecule has 0 spiro atoms. The second-order valence-electron chi connectivity index (χ2n) is 5.90. The number of anilines is 4. The van der Waals surface area contributed by atoms with E-state index in [0.717, 1.165) is 16.6 Å². The molecule has 0 saturated carbocycles. The number of nitrogens with two attached hydrogens (primary N) is 1. The van der Waals surface area contributed by atoms with Gasteiger partial charge in [-0.15, -0.1) is 0 Å². The van der Waals surface area contributed by atoms with Crippen molar-refractivity contribution in [2.45, 2.75) is 4.90 Å². The van der Waals surface area contributed by atoms with Crippen LogP contribution in [-0.2, 0) is 10.0 Å². The summed E-state index contributed by atoms with van der Waals surface area (Å²) in [5, 5.41) is 3.97. The van der Waals surface area contributed by atoms with E-state index in [9.17, 15) is 8.42 Å². The van der Waals surface area contributed by atoms with Crippen molar-refractivity contribution in [1.29, 1.82) is 0 Å². The van der Waals surface area contributed by atoms with Crippen molar-refractivity contribution in [2.24, 2.45) is 0 Å². The van der Waals surface area contributed by atoms with Crippen LogP contribution in [0.1, 0.15) is 0 Å². The Morgan fingerprint density at radius 1 is 1.08 bits per heavy atom. The van der Waals surface area contributed by atoms with E-state index in [1.165, 1.54) is 13.4 Å². The highest BCUT2D eigenvalue weighted by Gasteiger charge is 2.16. The van der Waals surface area contributed by atoms with Crippen LogP contribution in [0.5, 0.6) is 0 Å². The van der Waals surface area contributed by atoms with Crippen molar-refractivity contribution in [3.63, 3.8) is 0 Å². The van der Waals surface area contributed by atoms with Crippen molar-refractivity contribution in [3.8, 4) is 0 Å². The summed E-state index contributed by atoms with van der Waals surface area (Å²) in [7, 11) is 1.57. The van der Waals surface area contributed by atoms with Gasteiger partial charge in [0.15, 0.2) is 0 Å². The molecule has 0 aliphatic carbocycles. The van der Waals surface area contributed by atoms with Gasteiger partial charge in [0.05, 0.1) is 21.8 Å². The lowest BCUT2D eigenvalue weighted by atomic mass is 10.2. The molecule has 0 atom stereocenters. The van der Waals surface area contributed by atoms with Crippen LogP contribution in [0.3, 0.4) is 0 Å². The van der Waals surface area contributed by atoms with E-state index in [4.69, 9.17) is 5.73 Å². The topological polar surface area (TPSA) is 113 Å². The fourth-order valence-corrected chi connectivity index (χ4v) is 3.35. The molecule has 0 unspecified atom stereocenters. The number of nitrogens with zero attached hydrogens (tertiary/aromatic N) is 3. The van der Waals surface area contributed by atoms with Gasteiger partial charge in [-0.1, -0.05) is 0 Å². The lowest BCUT2D eigenvalue weighted by Crippen LogP contribution is -2.19. The maximum atomic E-state index is 12.1. The molecule has 1 heterocycles. The molecular formula is C17H20N6O2S. The van der Waals surface area contributed by atoms with E-state index >= 15 is 0 Å². The second-order valence-corrected chi connectivity index (χ2v) is 7.79. The van der Waals surface area contributed by atoms with Crippen LogP contribution >= 0.6 is 0 Å². The van der Waals surface area contributed by atoms with Gasteiger partial charge in [-0.25, -0.2) is 23.1 Å².